The lowest BCUT2D eigenvalue weighted by molar-refractivity contribution is -0.252. The number of benzene rings is 6. The van der Waals surface area contributed by atoms with Crippen molar-refractivity contribution in [2.24, 2.45) is 15.1 Å². The number of rotatable bonds is 26. The normalized spacial score (nSPS) is 13.2. The number of ketones is 1. The molecule has 19 heteroatoms. The Hall–Kier alpha value is -10.2. The monoisotopic (exact) mass is 1150 g/mol. The third kappa shape index (κ3) is 17.2. The smallest absolute Gasteiger partial charge is 0.335 e. The van der Waals surface area contributed by atoms with Gasteiger partial charge in [0.2, 0.25) is 5.78 Å². The zero-order valence-corrected chi connectivity index (χ0v) is 47.3. The third-order valence-electron chi connectivity index (χ3n) is 13.7. The van der Waals surface area contributed by atoms with Crippen molar-refractivity contribution in [2.45, 2.75) is 69.5 Å². The Labute approximate surface area is 493 Å². The standard InChI is InChI=1S/C40H41N5O6.C26H28N2O6/c1-3-15-34(42-40(49)51-26-33-31-22-13-11-20-29(31)30-21-12-14-23-32(30)33)37(38(47)41-25-35(46)50-24-4-2)44-45-39(48)43-36(27-16-7-5-8-17-27)28-18-9-6-10-19-28;1-3-9-22(24(30)25(31)27-15-23(29)33-14-4-2)28-26(32)34-16-21-19-12-7-5-10-17(19)18-11-6-8-13-20(18)21/h4-14,16-23,33-34,36H,2-3,15,24-26H2,1H3,(H,41,47)(H,42,49)(H2,43,45,48);4-8,10-13,21-22H,2-3,9,14-16H2,1H3,(H,27,31)(H,28,32)/p-2. The summed E-state index contributed by atoms with van der Waals surface area (Å²) in [7, 11) is 0. The van der Waals surface area contributed by atoms with Crippen LogP contribution in [0.15, 0.2) is 198 Å². The summed E-state index contributed by atoms with van der Waals surface area (Å²) in [5.41, 5.74) is 12.3. The summed E-state index contributed by atoms with van der Waals surface area (Å²) >= 11 is 0. The van der Waals surface area contributed by atoms with Gasteiger partial charge in [0.25, 0.3) is 11.8 Å². The number of amides is 4. The molecule has 0 radical (unpaired) electrons. The number of fused-ring (bicyclic) bond motifs is 6. The highest BCUT2D eigenvalue weighted by molar-refractivity contribution is 6.41. The molecule has 0 bridgehead atoms. The highest BCUT2D eigenvalue weighted by atomic mass is 16.6. The van der Waals surface area contributed by atoms with Gasteiger partial charge in [0, 0.05) is 25.0 Å². The average Bonchev–Trinajstić information content (AvgIpc) is 2.00. The van der Waals surface area contributed by atoms with E-state index in [1.165, 1.54) is 12.2 Å². The van der Waals surface area contributed by atoms with Gasteiger partial charge in [-0.3, -0.25) is 34.0 Å². The fourth-order valence-electron chi connectivity index (χ4n) is 9.82. The molecule has 2 aliphatic rings. The van der Waals surface area contributed by atoms with E-state index in [9.17, 15) is 39.0 Å². The second-order valence-electron chi connectivity index (χ2n) is 19.5. The van der Waals surface area contributed by atoms with Crippen molar-refractivity contribution in [1.29, 1.82) is 0 Å². The number of hydrogen-bond donors (Lipinski definition) is 4. The van der Waals surface area contributed by atoms with Gasteiger partial charge in [-0.25, -0.2) is 10.2 Å². The number of hydrogen-bond acceptors (Lipinski definition) is 15. The Morgan fingerprint density at radius 1 is 0.518 bits per heavy atom. The van der Waals surface area contributed by atoms with Gasteiger partial charge in [0.05, 0.1) is 6.04 Å². The van der Waals surface area contributed by atoms with Crippen LogP contribution in [0.3, 0.4) is 0 Å². The molecule has 6 aromatic carbocycles. The largest absolute Gasteiger partial charge is 0.599 e. The van der Waals surface area contributed by atoms with Gasteiger partial charge >= 0.3 is 18.0 Å². The Kier molecular flexibility index (Phi) is 23.4. The van der Waals surface area contributed by atoms with Gasteiger partial charge in [0.1, 0.15) is 56.3 Å². The van der Waals surface area contributed by atoms with Gasteiger partial charge < -0.3 is 45.1 Å². The van der Waals surface area contributed by atoms with Crippen LogP contribution >= 0.6 is 0 Å². The number of carbonyl (C=O) groups excluding carboxylic acids is 6. The molecule has 19 nitrogen and oxygen atoms in total. The van der Waals surface area contributed by atoms with E-state index in [-0.39, 0.29) is 56.8 Å². The maximum absolute atomic E-state index is 13.5. The number of aliphatic imine (C=N–C) groups is 2. The van der Waals surface area contributed by atoms with Crippen molar-refractivity contribution in [3.05, 3.63) is 216 Å². The van der Waals surface area contributed by atoms with Crippen LogP contribution in [0.4, 0.5) is 4.79 Å². The molecule has 440 valence electrons. The molecule has 8 rings (SSSR count). The lowest BCUT2D eigenvalue weighted by atomic mass is 9.98. The molecule has 2 unspecified atom stereocenters. The van der Waals surface area contributed by atoms with E-state index in [0.29, 0.717) is 12.8 Å². The van der Waals surface area contributed by atoms with Crippen LogP contribution in [0.5, 0.6) is 0 Å². The fraction of sp³-hybridized carbons (Fsp3) is 0.258. The Morgan fingerprint density at radius 2 is 0.894 bits per heavy atom. The topological polar surface area (TPSA) is 271 Å². The summed E-state index contributed by atoms with van der Waals surface area (Å²) in [4.78, 5) is 83.1. The number of hydrazone groups is 1. The van der Waals surface area contributed by atoms with E-state index in [1.54, 1.807) is 6.92 Å². The molecule has 6 aromatic rings. The van der Waals surface area contributed by atoms with Crippen molar-refractivity contribution in [3.8, 4) is 22.3 Å². The zero-order chi connectivity index (χ0) is 60.5. The van der Waals surface area contributed by atoms with Crippen LogP contribution in [-0.2, 0) is 42.9 Å². The first-order chi connectivity index (χ1) is 41.3. The summed E-state index contributed by atoms with van der Waals surface area (Å²) in [5, 5.41) is 37.4. The summed E-state index contributed by atoms with van der Waals surface area (Å²) in [6, 6.07) is 47.0. The average molecular weight is 1150 g/mol. The summed E-state index contributed by atoms with van der Waals surface area (Å²) in [5.74, 6) is -4.48. The minimum Gasteiger partial charge on any atom is -0.599 e. The second-order valence-corrected chi connectivity index (χ2v) is 19.5. The van der Waals surface area contributed by atoms with Crippen molar-refractivity contribution in [2.75, 3.05) is 39.5 Å². The summed E-state index contributed by atoms with van der Waals surface area (Å²) in [6.45, 7) is 9.69. The first-order valence-corrected chi connectivity index (χ1v) is 27.8. The molecule has 0 aromatic heterocycles. The first-order valence-electron chi connectivity index (χ1n) is 27.8. The van der Waals surface area contributed by atoms with E-state index in [4.69, 9.17) is 18.9 Å². The molecule has 0 spiro atoms. The van der Waals surface area contributed by atoms with E-state index < -0.39 is 78.9 Å². The van der Waals surface area contributed by atoms with E-state index in [2.05, 4.69) is 49.6 Å². The molecule has 0 saturated carbocycles. The van der Waals surface area contributed by atoms with Crippen LogP contribution < -0.4 is 31.6 Å². The minimum atomic E-state index is -1.19. The molecule has 0 fully saturated rings. The molecule has 0 heterocycles. The first kappa shape index (κ1) is 62.4. The fourth-order valence-corrected chi connectivity index (χ4v) is 9.82. The predicted molar refractivity (Wildman–Crippen MR) is 319 cm³/mol. The van der Waals surface area contributed by atoms with Crippen molar-refractivity contribution in [3.63, 3.8) is 0 Å². The Morgan fingerprint density at radius 3 is 1.31 bits per heavy atom. The van der Waals surface area contributed by atoms with E-state index >= 15 is 0 Å². The van der Waals surface area contributed by atoms with Crippen molar-refractivity contribution >= 4 is 53.4 Å². The number of urea groups is 1. The van der Waals surface area contributed by atoms with E-state index in [0.717, 1.165) is 55.6 Å². The number of nitrogens with one attached hydrogen (secondary N) is 4. The summed E-state index contributed by atoms with van der Waals surface area (Å²) in [6.07, 6.45) is 2.42. The van der Waals surface area contributed by atoms with Gasteiger partial charge in [-0.2, -0.15) is 5.10 Å². The van der Waals surface area contributed by atoms with Crippen molar-refractivity contribution < 1.29 is 57.9 Å². The van der Waals surface area contributed by atoms with Crippen LogP contribution in [0.2, 0.25) is 0 Å². The maximum Gasteiger partial charge on any atom is 0.335 e. The van der Waals surface area contributed by atoms with Crippen LogP contribution in [0.25, 0.3) is 22.3 Å². The van der Waals surface area contributed by atoms with Gasteiger partial charge in [-0.05, 0) is 68.5 Å². The molecular weight excluding hydrogens is 1080 g/mol. The van der Waals surface area contributed by atoms with Gasteiger partial charge in [0.15, 0.2) is 0 Å². The second kappa shape index (κ2) is 31.9. The van der Waals surface area contributed by atoms with E-state index in [1.807, 2.05) is 165 Å². The lowest BCUT2D eigenvalue weighted by Crippen LogP contribution is -2.44. The van der Waals surface area contributed by atoms with Crippen LogP contribution in [0, 0.1) is 0 Å². The molecule has 2 atom stereocenters. The number of carbonyl (C=O) groups is 6. The number of Topliss-reactive ketones (excluding diaryl/α,β-unsaturated/α-hetero) is 1. The number of nitrogens with zero attached hydrogens (tertiary/aromatic N) is 3. The molecule has 2 aliphatic carbocycles. The predicted octanol–water partition coefficient (Wildman–Crippen LogP) is 7.11. The van der Waals surface area contributed by atoms with Crippen molar-refractivity contribution in [1.82, 2.24) is 21.4 Å². The third-order valence-corrected chi connectivity index (χ3v) is 13.7. The highest BCUT2D eigenvalue weighted by Crippen LogP contribution is 2.45. The Bertz CT molecular complexity index is 3270. The molecule has 4 N–H and O–H groups in total. The summed E-state index contributed by atoms with van der Waals surface area (Å²) < 4.78 is 20.8. The van der Waals surface area contributed by atoms with Crippen LogP contribution in [0.1, 0.15) is 90.8 Å². The molecule has 85 heavy (non-hydrogen) atoms. The molecule has 4 amide bonds. The molecule has 0 aliphatic heterocycles. The minimum absolute atomic E-state index is 0.00176. The van der Waals surface area contributed by atoms with Gasteiger partial charge in [-0.1, -0.05) is 210 Å². The number of esters is 2. The number of ether oxygens (including phenoxy) is 4. The quantitative estimate of drug-likeness (QED) is 0.0106. The lowest BCUT2D eigenvalue weighted by Gasteiger charge is -2.23. The molecule has 0 saturated heterocycles. The maximum atomic E-state index is 13.5. The Balaban J connectivity index is 0.000000264. The highest BCUT2D eigenvalue weighted by Gasteiger charge is 2.30. The van der Waals surface area contributed by atoms with Gasteiger partial charge in [-0.15, -0.1) is 0 Å². The molecular formula is C66H67N7O12-2. The zero-order valence-electron chi connectivity index (χ0n) is 47.3. The van der Waals surface area contributed by atoms with Crippen LogP contribution in [-0.4, -0.2) is 105 Å². The SMILES string of the molecule is C=CCOC(=O)CNC(=O)C(=NNC(=O)NC(c1ccccc1)c1ccccc1)C(CCC)N=C([O-])OCC1c2ccccc2-c2ccccc21.C=CCOC(=O)CNC(=O)C(=O)C(CCC)N=C([O-])OCC1c2ccccc2-c2ccccc21.